The van der Waals surface area contributed by atoms with Crippen molar-refractivity contribution in [3.8, 4) is 0 Å². The lowest BCUT2D eigenvalue weighted by Gasteiger charge is -2.58. The molecule has 10 atom stereocenters. The summed E-state index contributed by atoms with van der Waals surface area (Å²) in [5, 5.41) is 6.07. The Bertz CT molecular complexity index is 2360. The van der Waals surface area contributed by atoms with E-state index in [2.05, 4.69) is 139 Å². The van der Waals surface area contributed by atoms with Gasteiger partial charge >= 0.3 is 0 Å². The number of likely N-dealkylation sites (tertiary alicyclic amines) is 1. The van der Waals surface area contributed by atoms with Crippen molar-refractivity contribution in [3.63, 3.8) is 0 Å². The third kappa shape index (κ3) is 44.9. The number of hydrogen-bond donors (Lipinski definition) is 2. The molecule has 0 aromatic rings. The minimum Gasteiger partial charge on any atom is -0.379 e. The third-order valence-electron chi connectivity index (χ3n) is 26.3. The summed E-state index contributed by atoms with van der Waals surface area (Å²) in [5.74, 6) is 5.30. The normalized spacial score (nSPS) is 22.9. The zero-order chi connectivity index (χ0) is 78.7. The van der Waals surface area contributed by atoms with Crippen LogP contribution in [0.4, 0.5) is 0 Å². The van der Waals surface area contributed by atoms with Crippen LogP contribution in [0.5, 0.6) is 0 Å². The van der Waals surface area contributed by atoms with Crippen LogP contribution >= 0.6 is 0 Å². The first-order valence-electron chi connectivity index (χ1n) is 47.6. The molecule has 0 bridgehead atoms. The number of nitrogens with zero attached hydrogens (tertiary/aromatic N) is 2. The molecule has 4 aliphatic carbocycles. The van der Waals surface area contributed by atoms with Crippen molar-refractivity contribution in [3.05, 3.63) is 60.3 Å². The van der Waals surface area contributed by atoms with Crippen molar-refractivity contribution in [1.29, 1.82) is 0 Å². The highest BCUT2D eigenvalue weighted by Gasteiger charge is 2.59. The molecule has 2 amide bonds. The fourth-order valence-corrected chi connectivity index (χ4v) is 19.6. The van der Waals surface area contributed by atoms with E-state index in [-0.39, 0.29) is 17.9 Å². The number of unbranched alkanes of at least 4 members (excludes halogenated alkanes) is 32. The molecule has 1 heterocycles. The molecule has 634 valence electrons. The van der Waals surface area contributed by atoms with Crippen molar-refractivity contribution in [2.45, 2.75) is 421 Å². The Morgan fingerprint density at radius 1 is 0.550 bits per heavy atom. The van der Waals surface area contributed by atoms with Crippen LogP contribution in [0.15, 0.2) is 60.3 Å². The molecule has 1 saturated heterocycles. The number of likely N-dealkylation sites (N-methyl/N-ethyl adjacent to an activating group) is 1. The number of nitrogens with one attached hydrogen (secondary N) is 2. The lowest BCUT2D eigenvalue weighted by atomic mass is 9.47. The molecule has 10 nitrogen and oxygen atoms in total. The standard InChI is InChI=1S/C58H103NO4.C41H79N3O2/c1-9-10-11-12-13-14-15-16-17-18-19-20-21-22-23-24-38-61-45-51(44-59-37-36-56(5,6)46-59)63-42-40-60-39-41-62-50-32-34-57(7)49(43-50)28-29-52-54-31-30-53(48(4)27-25-26-47(2)3)58(54,8)35-33-55(52)57;1-5-7-9-11-13-15-17-19-21-23-25-27-29-31-33-35-37-42-41(46)39(38-44(3)4)43-40(45)36-34-32-30-28-26-24-22-20-18-16-14-12-10-8-6-2/h13-14,16-17,28,47-48,50-55H,9-12,15,18-27,29-46H2,1-8H3;19-22,39H,5-18,23-38H2,1-4H3,(H,42,46)(H,43,45)/b14-13-,17-16-;21-19-,22-20-/t48-,50+,51?,52+,53-,54+,55+,57+,58-;/m1./s1. The van der Waals surface area contributed by atoms with Gasteiger partial charge in [-0.15, -0.1) is 0 Å². The molecule has 5 rings (SSSR count). The molecule has 3 saturated carbocycles. The fourth-order valence-electron chi connectivity index (χ4n) is 19.6. The van der Waals surface area contributed by atoms with Crippen molar-refractivity contribution >= 4 is 11.8 Å². The van der Waals surface area contributed by atoms with Gasteiger partial charge in [-0.1, -0.05) is 296 Å². The van der Waals surface area contributed by atoms with Gasteiger partial charge in [0.05, 0.1) is 45.2 Å². The highest BCUT2D eigenvalue weighted by Crippen LogP contribution is 2.67. The van der Waals surface area contributed by atoms with E-state index in [1.165, 1.54) is 283 Å². The van der Waals surface area contributed by atoms with E-state index < -0.39 is 6.04 Å². The minimum absolute atomic E-state index is 0.00289. The minimum atomic E-state index is -0.486. The van der Waals surface area contributed by atoms with Gasteiger partial charge in [0.25, 0.3) is 0 Å². The summed E-state index contributed by atoms with van der Waals surface area (Å²) in [7, 11) is 3.89. The van der Waals surface area contributed by atoms with Crippen LogP contribution in [0.3, 0.4) is 0 Å². The molecule has 0 radical (unpaired) electrons. The van der Waals surface area contributed by atoms with Gasteiger partial charge < -0.3 is 39.4 Å². The van der Waals surface area contributed by atoms with Crippen molar-refractivity contribution in [2.75, 3.05) is 86.5 Å². The number of hydrogen-bond acceptors (Lipinski definition) is 8. The molecule has 109 heavy (non-hydrogen) atoms. The monoisotopic (exact) mass is 1520 g/mol. The van der Waals surface area contributed by atoms with Gasteiger partial charge in [0.2, 0.25) is 11.8 Å². The predicted octanol–water partition coefficient (Wildman–Crippen LogP) is 26.6. The van der Waals surface area contributed by atoms with E-state index in [0.29, 0.717) is 74.9 Å². The van der Waals surface area contributed by atoms with Gasteiger partial charge in [-0.05, 0) is 233 Å². The molecule has 2 unspecified atom stereocenters. The Kier molecular flexibility index (Phi) is 56.8. The predicted molar refractivity (Wildman–Crippen MR) is 471 cm³/mol. The van der Waals surface area contributed by atoms with Crippen molar-refractivity contribution in [1.82, 2.24) is 20.4 Å². The van der Waals surface area contributed by atoms with Crippen LogP contribution in [0.25, 0.3) is 0 Å². The first kappa shape index (κ1) is 98.8. The molecule has 1 aliphatic heterocycles. The second-order valence-corrected chi connectivity index (χ2v) is 37.4. The largest absolute Gasteiger partial charge is 0.379 e. The van der Waals surface area contributed by atoms with E-state index in [0.717, 1.165) is 107 Å². The van der Waals surface area contributed by atoms with Crippen LogP contribution in [-0.2, 0) is 28.5 Å². The number of carbonyl (C=O) groups is 2. The molecule has 5 aliphatic rings. The van der Waals surface area contributed by atoms with Crippen molar-refractivity contribution in [2.24, 2.45) is 51.8 Å². The van der Waals surface area contributed by atoms with Gasteiger partial charge in [-0.25, -0.2) is 0 Å². The summed E-state index contributed by atoms with van der Waals surface area (Å²) in [6, 6.07) is -0.486. The molecule has 2 N–H and O–H groups in total. The van der Waals surface area contributed by atoms with Crippen LogP contribution in [0.1, 0.15) is 403 Å². The number of rotatable bonds is 67. The maximum atomic E-state index is 12.8. The maximum absolute atomic E-state index is 12.8. The lowest BCUT2D eigenvalue weighted by Crippen LogP contribution is -2.51. The molecule has 10 heteroatoms. The Labute approximate surface area is 676 Å². The summed E-state index contributed by atoms with van der Waals surface area (Å²) >= 11 is 0. The first-order chi connectivity index (χ1) is 53.0. The van der Waals surface area contributed by atoms with E-state index >= 15 is 0 Å². The van der Waals surface area contributed by atoms with E-state index in [4.69, 9.17) is 18.9 Å². The average molecular weight is 1520 g/mol. The summed E-state index contributed by atoms with van der Waals surface area (Å²) in [4.78, 5) is 30.0. The topological polar surface area (TPSA) is 102 Å². The van der Waals surface area contributed by atoms with E-state index in [1.54, 1.807) is 5.57 Å². The third-order valence-corrected chi connectivity index (χ3v) is 26.3. The van der Waals surface area contributed by atoms with Gasteiger partial charge in [0.1, 0.15) is 6.04 Å². The SMILES string of the molecule is CCCCC/C=C\C/C=C\CCCCCCCCOCC(CN1CCC(C)(C)C1)OCCOCCO[C@H]1CC[C@@]2(C)C(=CC[C@H]3[C@@H]4CC[C@H]([C@H](C)CCCC(C)C)[C@@]4(C)CC[C@@H]32)C1.CCCCCCCC/C=C\CCCCCCCCNC(=O)C(CN(C)C)NC(=O)CCCCCCC/C=C\CCCCCCCC. The maximum Gasteiger partial charge on any atom is 0.243 e. The van der Waals surface area contributed by atoms with Gasteiger partial charge in [0.15, 0.2) is 0 Å². The van der Waals surface area contributed by atoms with E-state index in [1.807, 2.05) is 19.0 Å². The molecular formula is C99H182N4O6. The summed E-state index contributed by atoms with van der Waals surface area (Å²) in [5.41, 5.74) is 3.07. The van der Waals surface area contributed by atoms with Crippen LogP contribution in [0.2, 0.25) is 0 Å². The summed E-state index contributed by atoms with van der Waals surface area (Å²) in [6.45, 7) is 32.9. The van der Waals surface area contributed by atoms with Gasteiger partial charge in [0, 0.05) is 39.2 Å². The first-order valence-corrected chi connectivity index (χ1v) is 47.6. The zero-order valence-corrected chi connectivity index (χ0v) is 74.3. The lowest BCUT2D eigenvalue weighted by molar-refractivity contribution is -0.129. The molecular weight excluding hydrogens is 1340 g/mol. The van der Waals surface area contributed by atoms with Gasteiger partial charge in [-0.2, -0.15) is 0 Å². The number of allylic oxidation sites excluding steroid dienone is 9. The second-order valence-electron chi connectivity index (χ2n) is 37.4. The highest BCUT2D eigenvalue weighted by atomic mass is 16.6. The van der Waals surface area contributed by atoms with Crippen molar-refractivity contribution < 1.29 is 28.5 Å². The van der Waals surface area contributed by atoms with Crippen LogP contribution in [-0.4, -0.2) is 126 Å². The fraction of sp³-hybridized carbons (Fsp3) is 0.879. The number of ether oxygens (including phenoxy) is 4. The molecule has 0 aromatic carbocycles. The average Bonchev–Trinajstić information content (AvgIpc) is 1.67. The Morgan fingerprint density at radius 3 is 1.65 bits per heavy atom. The van der Waals surface area contributed by atoms with Crippen LogP contribution in [0, 0.1) is 51.8 Å². The smallest absolute Gasteiger partial charge is 0.243 e. The quantitative estimate of drug-likeness (QED) is 0.0459. The number of fused-ring (bicyclic) bond motifs is 5. The zero-order valence-electron chi connectivity index (χ0n) is 74.3. The molecule has 0 aromatic heterocycles. The Morgan fingerprint density at radius 2 is 1.08 bits per heavy atom. The van der Waals surface area contributed by atoms with E-state index in [9.17, 15) is 9.59 Å². The van der Waals surface area contributed by atoms with Crippen LogP contribution < -0.4 is 10.6 Å². The Hall–Kier alpha value is -2.60. The highest BCUT2D eigenvalue weighted by molar-refractivity contribution is 5.87. The summed E-state index contributed by atoms with van der Waals surface area (Å²) < 4.78 is 25.3. The molecule has 4 fully saturated rings. The Balaban J connectivity index is 0.000000486. The molecule has 0 spiro atoms. The van der Waals surface area contributed by atoms with Gasteiger partial charge in [-0.3, -0.25) is 9.59 Å². The summed E-state index contributed by atoms with van der Waals surface area (Å²) in [6.07, 6.45) is 88.3. The second kappa shape index (κ2) is 62.7. The number of amides is 2. The number of carbonyl (C=O) groups excluding carboxylic acids is 2.